The van der Waals surface area contributed by atoms with E-state index < -0.39 is 0 Å². The van der Waals surface area contributed by atoms with Crippen molar-refractivity contribution in [2.24, 2.45) is 0 Å². The van der Waals surface area contributed by atoms with Crippen molar-refractivity contribution in [2.75, 3.05) is 36.5 Å². The molecule has 1 aliphatic rings. The predicted molar refractivity (Wildman–Crippen MR) is 104 cm³/mol. The van der Waals surface area contributed by atoms with Gasteiger partial charge >= 0.3 is 0 Å². The van der Waals surface area contributed by atoms with E-state index in [9.17, 15) is 4.79 Å². The minimum Gasteiger partial charge on any atom is -0.378 e. The molecule has 142 valence electrons. The van der Waals surface area contributed by atoms with Crippen molar-refractivity contribution in [1.29, 1.82) is 5.26 Å². The number of carbonyl (C=O) groups excluding carboxylic acids is 1. The molecule has 1 fully saturated rings. The van der Waals surface area contributed by atoms with Crippen LogP contribution >= 0.6 is 11.8 Å². The van der Waals surface area contributed by atoms with Crippen molar-refractivity contribution in [3.63, 3.8) is 0 Å². The molecule has 1 amide bonds. The largest absolute Gasteiger partial charge is 0.378 e. The van der Waals surface area contributed by atoms with Gasteiger partial charge in [0.25, 0.3) is 0 Å². The number of amides is 1. The van der Waals surface area contributed by atoms with Gasteiger partial charge in [-0.1, -0.05) is 11.8 Å². The number of rotatable bonds is 6. The molecule has 8 nitrogen and oxygen atoms in total. The molecule has 0 aliphatic carbocycles. The molecule has 0 spiro atoms. The first kappa shape index (κ1) is 19.2. The first-order chi connectivity index (χ1) is 13.1. The van der Waals surface area contributed by atoms with Crippen molar-refractivity contribution in [3.05, 3.63) is 29.8 Å². The quantitative estimate of drug-likeness (QED) is 0.760. The zero-order valence-electron chi connectivity index (χ0n) is 15.4. The number of nitrogens with one attached hydrogen (secondary N) is 1. The predicted octanol–water partition coefficient (Wildman–Crippen LogP) is 2.13. The van der Waals surface area contributed by atoms with Crippen molar-refractivity contribution in [2.45, 2.75) is 30.8 Å². The molecule has 27 heavy (non-hydrogen) atoms. The highest BCUT2D eigenvalue weighted by atomic mass is 32.2. The molecule has 1 atom stereocenters. The number of hydrogen-bond donors (Lipinski definition) is 1. The van der Waals surface area contributed by atoms with Gasteiger partial charge in [-0.3, -0.25) is 9.36 Å². The normalized spacial score (nSPS) is 15.2. The fraction of sp³-hybridized carbons (Fsp3) is 0.444. The smallest absolute Gasteiger partial charge is 0.237 e. The Morgan fingerprint density at radius 1 is 1.33 bits per heavy atom. The number of nitriles is 1. The number of aromatic nitrogens is 3. The van der Waals surface area contributed by atoms with Gasteiger partial charge in [-0.25, -0.2) is 0 Å². The van der Waals surface area contributed by atoms with Gasteiger partial charge in [0, 0.05) is 25.3 Å². The van der Waals surface area contributed by atoms with Crippen molar-refractivity contribution >= 4 is 29.3 Å². The highest BCUT2D eigenvalue weighted by Crippen LogP contribution is 2.26. The number of ether oxygens (including phenoxy) is 1. The summed E-state index contributed by atoms with van der Waals surface area (Å²) in [5.74, 6) is 0.700. The summed E-state index contributed by atoms with van der Waals surface area (Å²) in [5, 5.41) is 20.7. The Morgan fingerprint density at radius 2 is 2.04 bits per heavy atom. The lowest BCUT2D eigenvalue weighted by molar-refractivity contribution is -0.115. The second kappa shape index (κ2) is 8.88. The number of hydrogen-bond acceptors (Lipinski definition) is 7. The van der Waals surface area contributed by atoms with Crippen LogP contribution in [0.2, 0.25) is 0 Å². The monoisotopic (exact) mass is 386 g/mol. The van der Waals surface area contributed by atoms with E-state index in [0.29, 0.717) is 24.5 Å². The second-order valence-corrected chi connectivity index (χ2v) is 7.37. The third kappa shape index (κ3) is 4.59. The van der Waals surface area contributed by atoms with E-state index in [2.05, 4.69) is 26.5 Å². The zero-order valence-corrected chi connectivity index (χ0v) is 16.2. The van der Waals surface area contributed by atoms with Crippen LogP contribution in [-0.2, 0) is 16.1 Å². The van der Waals surface area contributed by atoms with Crippen molar-refractivity contribution in [3.8, 4) is 6.07 Å². The molecule has 2 heterocycles. The maximum atomic E-state index is 12.5. The maximum absolute atomic E-state index is 12.5. The Balaban J connectivity index is 1.65. The number of anilines is 2. The fourth-order valence-electron chi connectivity index (χ4n) is 2.73. The Labute approximate surface area is 162 Å². The van der Waals surface area contributed by atoms with Gasteiger partial charge in [0.05, 0.1) is 30.1 Å². The van der Waals surface area contributed by atoms with Crippen LogP contribution in [0, 0.1) is 11.3 Å². The molecule has 9 heteroatoms. The molecule has 3 rings (SSSR count). The highest BCUT2D eigenvalue weighted by Gasteiger charge is 2.23. The Morgan fingerprint density at radius 3 is 2.67 bits per heavy atom. The lowest BCUT2D eigenvalue weighted by Crippen LogP contribution is -2.38. The van der Waals surface area contributed by atoms with Crippen LogP contribution in [0.5, 0.6) is 0 Å². The van der Waals surface area contributed by atoms with Crippen molar-refractivity contribution < 1.29 is 9.53 Å². The molecular formula is C18H22N6O2S. The van der Waals surface area contributed by atoms with Gasteiger partial charge < -0.3 is 15.0 Å². The van der Waals surface area contributed by atoms with Crippen LogP contribution in [-0.4, -0.2) is 52.2 Å². The summed E-state index contributed by atoms with van der Waals surface area (Å²) in [5.41, 5.74) is 1.22. The summed E-state index contributed by atoms with van der Waals surface area (Å²) in [4.78, 5) is 14.7. The topological polar surface area (TPSA) is 96.1 Å². The molecule has 1 aromatic heterocycles. The van der Waals surface area contributed by atoms with E-state index in [4.69, 9.17) is 10.00 Å². The summed E-state index contributed by atoms with van der Waals surface area (Å²) in [6.45, 7) is 7.55. The van der Waals surface area contributed by atoms with Gasteiger partial charge in [0.15, 0.2) is 5.16 Å². The first-order valence-corrected chi connectivity index (χ1v) is 9.74. The average Bonchev–Trinajstić information content (AvgIpc) is 3.11. The molecule has 1 N–H and O–H groups in total. The van der Waals surface area contributed by atoms with Gasteiger partial charge in [-0.2, -0.15) is 5.26 Å². The van der Waals surface area contributed by atoms with Gasteiger partial charge in [-0.05, 0) is 38.1 Å². The van der Waals surface area contributed by atoms with Gasteiger partial charge in [0.1, 0.15) is 0 Å². The number of morpholine rings is 1. The standard InChI is InChI=1S/C18H22N6O2S/c1-3-24-17(23-8-10-26-11-9-23)21-22-18(24)27-13(2)16(25)20-15-6-4-14(12-19)5-7-15/h4-7,13H,3,8-11H2,1-2H3,(H,20,25)/t13-/m0/s1. The molecule has 1 aromatic carbocycles. The number of nitrogens with zero attached hydrogens (tertiary/aromatic N) is 5. The van der Waals surface area contributed by atoms with E-state index in [1.165, 1.54) is 11.8 Å². The molecule has 0 saturated carbocycles. The highest BCUT2D eigenvalue weighted by molar-refractivity contribution is 8.00. The summed E-state index contributed by atoms with van der Waals surface area (Å²) in [6.07, 6.45) is 0. The lowest BCUT2D eigenvalue weighted by Gasteiger charge is -2.27. The summed E-state index contributed by atoms with van der Waals surface area (Å²) in [6, 6.07) is 8.85. The minimum atomic E-state index is -0.340. The van der Waals surface area contributed by atoms with E-state index >= 15 is 0 Å². The van der Waals surface area contributed by atoms with Gasteiger partial charge in [-0.15, -0.1) is 10.2 Å². The van der Waals surface area contributed by atoms with E-state index in [1.807, 2.05) is 18.4 Å². The zero-order chi connectivity index (χ0) is 19.2. The van der Waals surface area contributed by atoms with Crippen molar-refractivity contribution in [1.82, 2.24) is 14.8 Å². The number of thioether (sulfide) groups is 1. The number of benzene rings is 1. The first-order valence-electron chi connectivity index (χ1n) is 8.86. The van der Waals surface area contributed by atoms with Crippen LogP contribution in [0.3, 0.4) is 0 Å². The van der Waals surface area contributed by atoms with Crippen LogP contribution in [0.15, 0.2) is 29.4 Å². The SMILES string of the molecule is CCn1c(S[C@@H](C)C(=O)Nc2ccc(C#N)cc2)nnc1N1CCOCC1. The van der Waals surface area contributed by atoms with Crippen LogP contribution in [0.4, 0.5) is 11.6 Å². The molecule has 2 aromatic rings. The van der Waals surface area contributed by atoms with Crippen LogP contribution in [0.25, 0.3) is 0 Å². The van der Waals surface area contributed by atoms with Crippen LogP contribution in [0.1, 0.15) is 19.4 Å². The third-order valence-corrected chi connectivity index (χ3v) is 5.32. The molecule has 0 unspecified atom stereocenters. The molecule has 0 bridgehead atoms. The third-order valence-electron chi connectivity index (χ3n) is 4.24. The fourth-order valence-corrected chi connectivity index (χ4v) is 3.63. The van der Waals surface area contributed by atoms with Gasteiger partial charge in [0.2, 0.25) is 11.9 Å². The molecule has 1 saturated heterocycles. The summed E-state index contributed by atoms with van der Waals surface area (Å²) >= 11 is 1.38. The Kier molecular flexibility index (Phi) is 6.32. The van der Waals surface area contributed by atoms with E-state index in [1.54, 1.807) is 24.3 Å². The lowest BCUT2D eigenvalue weighted by atomic mass is 10.2. The Bertz CT molecular complexity index is 823. The minimum absolute atomic E-state index is 0.122. The molecule has 1 aliphatic heterocycles. The van der Waals surface area contributed by atoms with E-state index in [-0.39, 0.29) is 11.2 Å². The van der Waals surface area contributed by atoms with Crippen LogP contribution < -0.4 is 10.2 Å². The maximum Gasteiger partial charge on any atom is 0.237 e. The molecular weight excluding hydrogens is 364 g/mol. The second-order valence-electron chi connectivity index (χ2n) is 6.06. The molecule has 0 radical (unpaired) electrons. The summed E-state index contributed by atoms with van der Waals surface area (Å²) < 4.78 is 7.42. The Hall–Kier alpha value is -2.57. The average molecular weight is 386 g/mol. The van der Waals surface area contributed by atoms with E-state index in [0.717, 1.165) is 30.7 Å². The number of carbonyl (C=O) groups is 1. The summed E-state index contributed by atoms with van der Waals surface area (Å²) in [7, 11) is 0.